The second-order valence-corrected chi connectivity index (χ2v) is 12.0. The van der Waals surface area contributed by atoms with Crippen LogP contribution in [0.25, 0.3) is 5.65 Å². The first-order chi connectivity index (χ1) is 15.4. The fourth-order valence-electron chi connectivity index (χ4n) is 3.55. The Bertz CT molecular complexity index is 1220. The Balaban J connectivity index is 1.85. The molecule has 1 aliphatic heterocycles. The zero-order chi connectivity index (χ0) is 25.7. The van der Waals surface area contributed by atoms with E-state index in [1.807, 2.05) is 0 Å². The first-order valence-electron chi connectivity index (χ1n) is 9.09. The van der Waals surface area contributed by atoms with Gasteiger partial charge in [-0.05, 0) is 0 Å². The monoisotopic (exact) mass is 549 g/mol. The van der Waals surface area contributed by atoms with Crippen LogP contribution in [0.2, 0.25) is 0 Å². The molecule has 2 unspecified atom stereocenters. The number of hydrogen-bond donors (Lipinski definition) is 6. The molecule has 7 N–H and O–H groups in total. The zero-order valence-corrected chi connectivity index (χ0v) is 20.4. The fraction of sp³-hybridized carbons (Fsp3) is 0.615. The molecule has 21 heteroatoms. The summed E-state index contributed by atoms with van der Waals surface area (Å²) in [5.74, 6) is -1.70. The molecule has 0 aliphatic carbocycles. The SMILES string of the molecule is CO[C@@]1(c2cnc3c(N)ncnn23)O[C@H](COP(=O)(O)OP(=O)(O)OP(=O)(O)O)[C@@H](O)C1(C)C. The number of ether oxygens (including phenoxy) is 2. The number of hydrogen-bond acceptors (Lipinski definition) is 13. The van der Waals surface area contributed by atoms with Crippen molar-refractivity contribution in [3.63, 3.8) is 0 Å². The van der Waals surface area contributed by atoms with Crippen LogP contribution in [0.15, 0.2) is 12.5 Å². The van der Waals surface area contributed by atoms with Crippen LogP contribution in [0.5, 0.6) is 0 Å². The molecule has 5 atom stereocenters. The number of aliphatic hydroxyl groups is 1. The van der Waals surface area contributed by atoms with Crippen molar-refractivity contribution in [2.75, 3.05) is 19.5 Å². The van der Waals surface area contributed by atoms with Gasteiger partial charge in [0.1, 0.15) is 18.1 Å². The predicted molar refractivity (Wildman–Crippen MR) is 108 cm³/mol. The first-order valence-corrected chi connectivity index (χ1v) is 13.6. The van der Waals surface area contributed by atoms with E-state index in [0.717, 1.165) is 6.33 Å². The minimum absolute atomic E-state index is 0.0491. The molecule has 18 nitrogen and oxygen atoms in total. The molecule has 34 heavy (non-hydrogen) atoms. The summed E-state index contributed by atoms with van der Waals surface area (Å²) in [6.45, 7) is 2.21. The third-order valence-corrected chi connectivity index (χ3v) is 8.83. The summed E-state index contributed by atoms with van der Waals surface area (Å²) in [6.07, 6.45) is -0.334. The van der Waals surface area contributed by atoms with Gasteiger partial charge in [-0.2, -0.15) is 13.7 Å². The Hall–Kier alpha value is -1.36. The second-order valence-electron chi connectivity index (χ2n) is 7.55. The van der Waals surface area contributed by atoms with E-state index in [4.69, 9.17) is 25.0 Å². The van der Waals surface area contributed by atoms with Gasteiger partial charge in [0.15, 0.2) is 11.5 Å². The first kappa shape index (κ1) is 27.2. The number of phosphoric acid groups is 3. The standard InChI is InChI=1S/C13H22N5O13P3/c1-12(2)9(19)7(5-28-33(23,24)31-34(25,26)30-32(20,21)22)29-13(12,27-3)8-4-15-11-10(14)16-6-17-18(8)11/h4,6-7,9,19H,5H2,1-3H3,(H,23,24)(H,25,26)(H2,14,16,17)(H2,20,21,22)/t7-,9-,13+/m1/s1. The number of phosphoric ester groups is 1. The average Bonchev–Trinajstić information content (AvgIpc) is 3.17. The smallest absolute Gasteiger partial charge is 0.390 e. The van der Waals surface area contributed by atoms with Crippen LogP contribution >= 0.6 is 23.5 Å². The molecule has 0 amide bonds. The summed E-state index contributed by atoms with van der Waals surface area (Å²) in [5.41, 5.74) is 4.87. The third-order valence-electron chi connectivity index (χ3n) is 5.03. The molecule has 0 saturated carbocycles. The van der Waals surface area contributed by atoms with Gasteiger partial charge in [-0.1, -0.05) is 13.8 Å². The van der Waals surface area contributed by atoms with Gasteiger partial charge in [0.05, 0.1) is 24.3 Å². The fourth-order valence-corrected chi connectivity index (χ4v) is 6.58. The number of aliphatic hydroxyl groups excluding tert-OH is 1. The van der Waals surface area contributed by atoms with Crippen LogP contribution < -0.4 is 5.73 Å². The molecule has 1 saturated heterocycles. The summed E-state index contributed by atoms with van der Waals surface area (Å²) in [5, 5.41) is 14.9. The molecule has 2 aromatic rings. The maximum Gasteiger partial charge on any atom is 0.490 e. The topological polar surface area (TPSA) is 268 Å². The van der Waals surface area contributed by atoms with Gasteiger partial charge in [-0.3, -0.25) is 4.52 Å². The normalized spacial score (nSPS) is 28.6. The molecule has 0 spiro atoms. The Morgan fingerprint density at radius 1 is 1.15 bits per heavy atom. The zero-order valence-electron chi connectivity index (χ0n) is 17.7. The van der Waals surface area contributed by atoms with Crippen LogP contribution in [0.4, 0.5) is 5.82 Å². The largest absolute Gasteiger partial charge is 0.490 e. The minimum atomic E-state index is -5.71. The van der Waals surface area contributed by atoms with Crippen molar-refractivity contribution in [3.05, 3.63) is 18.2 Å². The van der Waals surface area contributed by atoms with E-state index in [1.165, 1.54) is 17.8 Å². The summed E-state index contributed by atoms with van der Waals surface area (Å²) in [6, 6.07) is 0. The van der Waals surface area contributed by atoms with Crippen LogP contribution in [0.3, 0.4) is 0 Å². The molecule has 2 aromatic heterocycles. The van der Waals surface area contributed by atoms with Crippen molar-refractivity contribution in [1.82, 2.24) is 19.6 Å². The maximum atomic E-state index is 12.0. The van der Waals surface area contributed by atoms with Crippen LogP contribution in [-0.4, -0.2) is 70.2 Å². The van der Waals surface area contributed by atoms with E-state index in [9.17, 15) is 28.6 Å². The Kier molecular flexibility index (Phi) is 7.16. The van der Waals surface area contributed by atoms with E-state index in [1.54, 1.807) is 13.8 Å². The number of aromatic nitrogens is 4. The number of nitrogens with zero attached hydrogens (tertiary/aromatic N) is 4. The number of fused-ring (bicyclic) bond motifs is 1. The lowest BCUT2D eigenvalue weighted by molar-refractivity contribution is -0.267. The number of anilines is 1. The highest BCUT2D eigenvalue weighted by Gasteiger charge is 2.64. The Morgan fingerprint density at radius 3 is 2.38 bits per heavy atom. The highest BCUT2D eigenvalue weighted by atomic mass is 31.3. The van der Waals surface area contributed by atoms with Crippen LogP contribution in [-0.2, 0) is 42.1 Å². The summed E-state index contributed by atoms with van der Waals surface area (Å²) < 4.78 is 59.0. The minimum Gasteiger partial charge on any atom is -0.390 e. The van der Waals surface area contributed by atoms with Gasteiger partial charge in [0, 0.05) is 7.11 Å². The van der Waals surface area contributed by atoms with Gasteiger partial charge >= 0.3 is 23.5 Å². The molecular weight excluding hydrogens is 527 g/mol. The van der Waals surface area contributed by atoms with Crippen molar-refractivity contribution in [2.45, 2.75) is 31.8 Å². The highest BCUT2D eigenvalue weighted by Crippen LogP contribution is 2.66. The molecule has 3 heterocycles. The molecule has 1 aliphatic rings. The molecule has 3 rings (SSSR count). The van der Waals surface area contributed by atoms with Crippen LogP contribution in [0, 0.1) is 5.41 Å². The summed E-state index contributed by atoms with van der Waals surface area (Å²) in [4.78, 5) is 44.1. The molecule has 1 fully saturated rings. The predicted octanol–water partition coefficient (Wildman–Crippen LogP) is -0.365. The average molecular weight is 549 g/mol. The van der Waals surface area contributed by atoms with Crippen molar-refractivity contribution in [2.24, 2.45) is 5.41 Å². The third kappa shape index (κ3) is 5.10. The van der Waals surface area contributed by atoms with Gasteiger partial charge in [-0.25, -0.2) is 28.2 Å². The van der Waals surface area contributed by atoms with Crippen molar-refractivity contribution < 1.29 is 61.0 Å². The van der Waals surface area contributed by atoms with E-state index in [0.29, 0.717) is 0 Å². The summed E-state index contributed by atoms with van der Waals surface area (Å²) >= 11 is 0. The van der Waals surface area contributed by atoms with E-state index >= 15 is 0 Å². The lowest BCUT2D eigenvalue weighted by Crippen LogP contribution is -2.46. The molecule has 192 valence electrons. The quantitative estimate of drug-likeness (QED) is 0.218. The second kappa shape index (κ2) is 8.94. The van der Waals surface area contributed by atoms with Crippen molar-refractivity contribution in [1.29, 1.82) is 0 Å². The van der Waals surface area contributed by atoms with Gasteiger partial charge in [-0.15, -0.1) is 0 Å². The Labute approximate surface area is 191 Å². The number of imidazole rings is 1. The van der Waals surface area contributed by atoms with Crippen molar-refractivity contribution >= 4 is 34.9 Å². The van der Waals surface area contributed by atoms with Gasteiger partial charge in [0.2, 0.25) is 5.79 Å². The van der Waals surface area contributed by atoms with E-state index < -0.39 is 53.5 Å². The number of methoxy groups -OCH3 is 1. The number of nitrogen functional groups attached to an aromatic ring is 1. The Morgan fingerprint density at radius 2 is 1.79 bits per heavy atom. The van der Waals surface area contributed by atoms with E-state index in [-0.39, 0.29) is 17.2 Å². The maximum absolute atomic E-state index is 12.0. The molecule has 0 aromatic carbocycles. The number of nitrogens with two attached hydrogens (primary N) is 1. The van der Waals surface area contributed by atoms with Gasteiger partial charge in [0.25, 0.3) is 0 Å². The molecule has 0 radical (unpaired) electrons. The van der Waals surface area contributed by atoms with Crippen molar-refractivity contribution in [3.8, 4) is 0 Å². The van der Waals surface area contributed by atoms with Gasteiger partial charge < -0.3 is 39.9 Å². The number of rotatable bonds is 9. The lowest BCUT2D eigenvalue weighted by Gasteiger charge is -2.38. The summed E-state index contributed by atoms with van der Waals surface area (Å²) in [7, 11) is -15.4. The molecule has 0 bridgehead atoms. The lowest BCUT2D eigenvalue weighted by atomic mass is 9.77. The van der Waals surface area contributed by atoms with E-state index in [2.05, 4.69) is 28.2 Å². The van der Waals surface area contributed by atoms with Crippen LogP contribution in [0.1, 0.15) is 19.5 Å². The highest BCUT2D eigenvalue weighted by molar-refractivity contribution is 7.66. The molecular formula is C13H22N5O13P3.